The molecule has 2 aliphatic heterocycles. The number of alkyl halides is 3. The fourth-order valence-corrected chi connectivity index (χ4v) is 5.02. The number of piperidine rings is 1. The van der Waals surface area contributed by atoms with Crippen molar-refractivity contribution in [1.29, 1.82) is 0 Å². The number of para-hydroxylation sites is 2. The van der Waals surface area contributed by atoms with Gasteiger partial charge in [-0.15, -0.1) is 4.40 Å². The van der Waals surface area contributed by atoms with Crippen molar-refractivity contribution in [3.8, 4) is 5.75 Å². The maximum absolute atomic E-state index is 12.9. The van der Waals surface area contributed by atoms with E-state index >= 15 is 0 Å². The molecule has 1 atom stereocenters. The van der Waals surface area contributed by atoms with Crippen LogP contribution in [-0.2, 0) is 14.8 Å². The first-order chi connectivity index (χ1) is 15.1. The molecule has 2 aromatic carbocycles. The second-order valence-corrected chi connectivity index (χ2v) is 9.13. The summed E-state index contributed by atoms with van der Waals surface area (Å²) in [6.07, 6.45) is -3.32. The Hall–Kier alpha value is -3.08. The summed E-state index contributed by atoms with van der Waals surface area (Å²) in [4.78, 5) is 14.8. The van der Waals surface area contributed by atoms with Crippen LogP contribution in [0.1, 0.15) is 18.4 Å². The first-order valence-corrected chi connectivity index (χ1v) is 11.4. The van der Waals surface area contributed by atoms with Gasteiger partial charge in [0.05, 0.1) is 11.6 Å². The molecule has 1 amide bonds. The van der Waals surface area contributed by atoms with Gasteiger partial charge in [-0.25, -0.2) is 0 Å². The zero-order valence-electron chi connectivity index (χ0n) is 16.8. The van der Waals surface area contributed by atoms with Gasteiger partial charge in [-0.1, -0.05) is 24.3 Å². The highest BCUT2D eigenvalue weighted by Gasteiger charge is 2.35. The summed E-state index contributed by atoms with van der Waals surface area (Å²) in [5.74, 6) is -0.650. The number of anilines is 1. The number of rotatable bonds is 4. The van der Waals surface area contributed by atoms with E-state index in [1.807, 2.05) is 0 Å². The summed E-state index contributed by atoms with van der Waals surface area (Å²) in [5.41, 5.74) is 0.643. The van der Waals surface area contributed by atoms with Crippen LogP contribution in [0.3, 0.4) is 0 Å². The largest absolute Gasteiger partial charge is 0.482 e. The number of halogens is 3. The lowest BCUT2D eigenvalue weighted by Crippen LogP contribution is -2.43. The van der Waals surface area contributed by atoms with Crippen molar-refractivity contribution in [2.75, 3.05) is 25.0 Å². The van der Waals surface area contributed by atoms with Gasteiger partial charge >= 0.3 is 6.18 Å². The van der Waals surface area contributed by atoms with Gasteiger partial charge in [0.1, 0.15) is 10.6 Å². The third-order valence-electron chi connectivity index (χ3n) is 5.24. The molecule has 2 heterocycles. The molecule has 0 unspecified atom stereocenters. The Balaban J connectivity index is 1.48. The third-order valence-corrected chi connectivity index (χ3v) is 6.57. The molecule has 11 heteroatoms. The van der Waals surface area contributed by atoms with Crippen LogP contribution < -0.4 is 10.1 Å². The van der Waals surface area contributed by atoms with E-state index in [0.717, 1.165) is 0 Å². The van der Waals surface area contributed by atoms with Crippen LogP contribution in [0, 0.1) is 5.92 Å². The number of likely N-dealkylation sites (tertiary alicyclic amines) is 1. The maximum atomic E-state index is 12.9. The van der Waals surface area contributed by atoms with Crippen molar-refractivity contribution in [3.05, 3.63) is 54.1 Å². The zero-order chi connectivity index (χ0) is 22.9. The van der Waals surface area contributed by atoms with Crippen LogP contribution in [0.2, 0.25) is 0 Å². The van der Waals surface area contributed by atoms with Crippen molar-refractivity contribution >= 4 is 27.5 Å². The van der Waals surface area contributed by atoms with Crippen molar-refractivity contribution in [2.24, 2.45) is 10.3 Å². The molecule has 0 radical (unpaired) electrons. The van der Waals surface area contributed by atoms with Crippen LogP contribution in [-0.4, -0.2) is 50.9 Å². The lowest BCUT2D eigenvalue weighted by Gasteiger charge is -2.33. The molecule has 170 valence electrons. The molecule has 0 aliphatic carbocycles. The Morgan fingerprint density at radius 1 is 1.16 bits per heavy atom. The molecule has 2 aliphatic rings. The summed E-state index contributed by atoms with van der Waals surface area (Å²) < 4.78 is 70.9. The topological polar surface area (TPSA) is 88.1 Å². The van der Waals surface area contributed by atoms with Crippen LogP contribution in [0.4, 0.5) is 18.9 Å². The Labute approximate surface area is 182 Å². The zero-order valence-corrected chi connectivity index (χ0v) is 17.6. The second-order valence-electron chi connectivity index (χ2n) is 7.56. The quantitative estimate of drug-likeness (QED) is 0.745. The number of carbonyl (C=O) groups is 1. The maximum Gasteiger partial charge on any atom is 0.422 e. The minimum Gasteiger partial charge on any atom is -0.482 e. The Morgan fingerprint density at radius 3 is 2.66 bits per heavy atom. The number of carbonyl (C=O) groups excluding carboxylic acids is 1. The number of amides is 1. The van der Waals surface area contributed by atoms with E-state index in [1.54, 1.807) is 29.2 Å². The predicted octanol–water partition coefficient (Wildman–Crippen LogP) is 3.43. The lowest BCUT2D eigenvalue weighted by molar-refractivity contribution is -0.153. The van der Waals surface area contributed by atoms with Gasteiger partial charge in [0.15, 0.2) is 12.4 Å². The summed E-state index contributed by atoms with van der Waals surface area (Å²) in [6.45, 7) is -0.692. The molecule has 7 nitrogen and oxygen atoms in total. The highest BCUT2D eigenvalue weighted by molar-refractivity contribution is 7.90. The standard InChI is InChI=1S/C21H20F3N3O4S/c22-21(23,24)13-31-17-9-3-2-8-16(17)25-20(28)14-6-5-11-27(12-14)19-15-7-1-4-10-18(15)32(29,30)26-19/h1-4,7-10,14H,5-6,11-13H2,(H,25,28)/t14-/m0/s1. The van der Waals surface area contributed by atoms with E-state index in [1.165, 1.54) is 24.3 Å². The smallest absolute Gasteiger partial charge is 0.422 e. The number of ether oxygens (including phenoxy) is 1. The Morgan fingerprint density at radius 2 is 1.88 bits per heavy atom. The average Bonchev–Trinajstić information content (AvgIpc) is 3.04. The number of nitrogens with zero attached hydrogens (tertiary/aromatic N) is 2. The van der Waals surface area contributed by atoms with E-state index < -0.39 is 28.7 Å². The van der Waals surface area contributed by atoms with Gasteiger partial charge < -0.3 is 15.0 Å². The van der Waals surface area contributed by atoms with Crippen molar-refractivity contribution in [1.82, 2.24) is 4.90 Å². The van der Waals surface area contributed by atoms with Gasteiger partial charge in [-0.2, -0.15) is 21.6 Å². The summed E-state index contributed by atoms with van der Waals surface area (Å²) >= 11 is 0. The Kier molecular flexibility index (Phi) is 5.85. The third kappa shape index (κ3) is 4.72. The fraction of sp³-hybridized carbons (Fsp3) is 0.333. The molecule has 0 aromatic heterocycles. The molecule has 32 heavy (non-hydrogen) atoms. The van der Waals surface area contributed by atoms with Crippen LogP contribution in [0.15, 0.2) is 57.8 Å². The predicted molar refractivity (Wildman–Crippen MR) is 111 cm³/mol. The number of benzene rings is 2. The second kappa shape index (κ2) is 8.45. The molecule has 4 rings (SSSR count). The molecule has 0 bridgehead atoms. The fourth-order valence-electron chi connectivity index (χ4n) is 3.79. The minimum atomic E-state index is -4.50. The number of hydrogen-bond donors (Lipinski definition) is 1. The molecular weight excluding hydrogens is 447 g/mol. The van der Waals surface area contributed by atoms with Gasteiger partial charge in [-0.3, -0.25) is 4.79 Å². The average molecular weight is 467 g/mol. The number of hydrogen-bond acceptors (Lipinski definition) is 5. The first kappa shape index (κ1) is 22.1. The first-order valence-electron chi connectivity index (χ1n) is 9.93. The van der Waals surface area contributed by atoms with Crippen LogP contribution >= 0.6 is 0 Å². The summed E-state index contributed by atoms with van der Waals surface area (Å²) in [7, 11) is -3.78. The van der Waals surface area contributed by atoms with E-state index in [9.17, 15) is 26.4 Å². The van der Waals surface area contributed by atoms with E-state index in [0.29, 0.717) is 30.8 Å². The van der Waals surface area contributed by atoms with Crippen molar-refractivity contribution < 1.29 is 31.1 Å². The van der Waals surface area contributed by atoms with Gasteiger partial charge in [0.25, 0.3) is 10.0 Å². The highest BCUT2D eigenvalue weighted by atomic mass is 32.2. The van der Waals surface area contributed by atoms with Crippen LogP contribution in [0.5, 0.6) is 5.75 Å². The molecule has 1 fully saturated rings. The van der Waals surface area contributed by atoms with Gasteiger partial charge in [-0.05, 0) is 37.1 Å². The normalized spacial score (nSPS) is 19.8. The van der Waals surface area contributed by atoms with Crippen molar-refractivity contribution in [3.63, 3.8) is 0 Å². The van der Waals surface area contributed by atoms with E-state index in [4.69, 9.17) is 4.74 Å². The van der Waals surface area contributed by atoms with E-state index in [-0.39, 0.29) is 28.8 Å². The van der Waals surface area contributed by atoms with Crippen LogP contribution in [0.25, 0.3) is 0 Å². The highest BCUT2D eigenvalue weighted by Crippen LogP contribution is 2.31. The number of nitrogens with one attached hydrogen (secondary N) is 1. The minimum absolute atomic E-state index is 0.0778. The SMILES string of the molecule is O=C(Nc1ccccc1OCC(F)(F)F)[C@H]1CCCN(C2=NS(=O)(=O)c3ccccc32)C1. The molecular formula is C21H20F3N3O4S. The van der Waals surface area contributed by atoms with E-state index in [2.05, 4.69) is 9.71 Å². The molecule has 1 saturated heterocycles. The molecule has 2 aromatic rings. The summed E-state index contributed by atoms with van der Waals surface area (Å²) in [6, 6.07) is 12.4. The number of amidine groups is 1. The molecule has 0 saturated carbocycles. The monoisotopic (exact) mass is 467 g/mol. The molecule has 1 N–H and O–H groups in total. The Bertz CT molecular complexity index is 1160. The number of sulfonamides is 1. The summed E-state index contributed by atoms with van der Waals surface area (Å²) in [5, 5.41) is 2.65. The lowest BCUT2D eigenvalue weighted by atomic mass is 9.96. The van der Waals surface area contributed by atoms with Gasteiger partial charge in [0.2, 0.25) is 5.91 Å². The van der Waals surface area contributed by atoms with Gasteiger partial charge in [0, 0.05) is 18.7 Å². The molecule has 0 spiro atoms. The van der Waals surface area contributed by atoms with Crippen molar-refractivity contribution in [2.45, 2.75) is 23.9 Å². The number of fused-ring (bicyclic) bond motifs is 1.